The average molecular weight is 87.1 g/mol. The Morgan fingerprint density at radius 3 is 2.00 bits per heavy atom. The Labute approximate surface area is 34.9 Å². The van der Waals surface area contributed by atoms with Crippen molar-refractivity contribution < 1.29 is 0 Å². The molecule has 0 saturated carbocycles. The molecule has 0 aliphatic carbocycles. The van der Waals surface area contributed by atoms with Crippen molar-refractivity contribution in [3.05, 3.63) is 0 Å². The molecule has 1 rings (SSSR count). The standard InChI is InChI=1S/CH5N5/c1-6-4-2-3-5-6/h1H3,(H,2,5)(H,3,4). The van der Waals surface area contributed by atoms with Gasteiger partial charge in [-0.3, -0.25) is 0 Å². The van der Waals surface area contributed by atoms with Gasteiger partial charge in [-0.15, -0.1) is 5.12 Å². The van der Waals surface area contributed by atoms with Crippen LogP contribution in [-0.4, -0.2) is 12.2 Å². The number of hydrogen-bond donors (Lipinski definition) is 2. The van der Waals surface area contributed by atoms with Crippen LogP contribution in [0.3, 0.4) is 0 Å². The lowest BCUT2D eigenvalue weighted by molar-refractivity contribution is 0.212. The average Bonchev–Trinajstić information content (AvgIpc) is 1.86. The van der Waals surface area contributed by atoms with Crippen LogP contribution in [0, 0.1) is 0 Å². The molecule has 0 atom stereocenters. The molecular weight excluding hydrogens is 82.0 g/mol. The molecule has 0 saturated heterocycles. The lowest BCUT2D eigenvalue weighted by atomic mass is 11.4. The molecule has 0 fully saturated rings. The van der Waals surface area contributed by atoms with Crippen LogP contribution in [0.4, 0.5) is 0 Å². The van der Waals surface area contributed by atoms with Gasteiger partial charge in [0, 0.05) is 7.05 Å². The fourth-order valence-electron chi connectivity index (χ4n) is 0.201. The van der Waals surface area contributed by atoms with E-state index in [1.54, 1.807) is 7.05 Å². The van der Waals surface area contributed by atoms with Crippen molar-refractivity contribution in [1.29, 1.82) is 0 Å². The summed E-state index contributed by atoms with van der Waals surface area (Å²) in [7, 11) is 1.76. The summed E-state index contributed by atoms with van der Waals surface area (Å²) in [4.78, 5) is 0. The zero-order chi connectivity index (χ0) is 4.41. The number of hydrazine groups is 2. The number of rotatable bonds is 0. The zero-order valence-electron chi connectivity index (χ0n) is 3.34. The first-order valence-electron chi connectivity index (χ1n) is 1.54. The molecule has 5 heteroatoms. The molecule has 5 nitrogen and oxygen atoms in total. The van der Waals surface area contributed by atoms with Crippen LogP contribution in [0.5, 0.6) is 0 Å². The van der Waals surface area contributed by atoms with Crippen molar-refractivity contribution in [2.75, 3.05) is 7.05 Å². The summed E-state index contributed by atoms with van der Waals surface area (Å²) in [5.41, 5.74) is 5.00. The van der Waals surface area contributed by atoms with Gasteiger partial charge >= 0.3 is 0 Å². The Morgan fingerprint density at radius 1 is 1.33 bits per heavy atom. The molecule has 0 amide bonds. The zero-order valence-corrected chi connectivity index (χ0v) is 3.34. The second kappa shape index (κ2) is 1.09. The summed E-state index contributed by atoms with van der Waals surface area (Å²) in [6.07, 6.45) is 0. The fourth-order valence-corrected chi connectivity index (χ4v) is 0.201. The quantitative estimate of drug-likeness (QED) is 0.407. The number of nitrogens with one attached hydrogen (secondary N) is 2. The van der Waals surface area contributed by atoms with Gasteiger partial charge in [-0.25, -0.2) is 11.1 Å². The molecule has 1 aliphatic heterocycles. The Bertz CT molecular complexity index is 58.3. The van der Waals surface area contributed by atoms with Gasteiger partial charge in [0.15, 0.2) is 0 Å². The van der Waals surface area contributed by atoms with Crippen molar-refractivity contribution in [2.45, 2.75) is 0 Å². The SMILES string of the molecule is CN1NN=NN1. The largest absolute Gasteiger partial charge is 0.201 e. The molecule has 0 radical (unpaired) electrons. The van der Waals surface area contributed by atoms with Crippen molar-refractivity contribution >= 4 is 0 Å². The number of nitrogens with zero attached hydrogens (tertiary/aromatic N) is 3. The van der Waals surface area contributed by atoms with Crippen molar-refractivity contribution in [2.24, 2.45) is 10.4 Å². The molecule has 0 aromatic heterocycles. The highest BCUT2D eigenvalue weighted by atomic mass is 16.0. The summed E-state index contributed by atoms with van der Waals surface area (Å²) < 4.78 is 0. The molecule has 0 spiro atoms. The van der Waals surface area contributed by atoms with Crippen molar-refractivity contribution in [3.8, 4) is 0 Å². The maximum atomic E-state index is 3.35. The van der Waals surface area contributed by atoms with Crippen LogP contribution in [0.15, 0.2) is 10.4 Å². The second-order valence-electron chi connectivity index (χ2n) is 0.959. The minimum Gasteiger partial charge on any atom is -0.201 e. The minimum absolute atomic E-state index is 1.53. The smallest absolute Gasteiger partial charge is 0.0307 e. The Kier molecular flexibility index (Phi) is 0.612. The number of hydrogen-bond acceptors (Lipinski definition) is 5. The predicted octanol–water partition coefficient (Wildman–Crippen LogP) is -0.777. The third kappa shape index (κ3) is 0.389. The van der Waals surface area contributed by atoms with Crippen molar-refractivity contribution in [1.82, 2.24) is 16.2 Å². The van der Waals surface area contributed by atoms with Crippen LogP contribution in [0.1, 0.15) is 0 Å². The van der Waals surface area contributed by atoms with E-state index < -0.39 is 0 Å². The second-order valence-corrected chi connectivity index (χ2v) is 0.959. The molecule has 0 aromatic rings. The summed E-state index contributed by atoms with van der Waals surface area (Å²) in [6, 6.07) is 0. The van der Waals surface area contributed by atoms with E-state index in [9.17, 15) is 0 Å². The highest BCUT2D eigenvalue weighted by Gasteiger charge is 1.93. The lowest BCUT2D eigenvalue weighted by Crippen LogP contribution is -2.32. The van der Waals surface area contributed by atoms with E-state index in [1.165, 1.54) is 5.12 Å². The fraction of sp³-hybridized carbons (Fsp3) is 1.00. The van der Waals surface area contributed by atoms with Gasteiger partial charge in [-0.1, -0.05) is 0 Å². The maximum Gasteiger partial charge on any atom is 0.0307 e. The first kappa shape index (κ1) is 3.35. The third-order valence-electron chi connectivity index (χ3n) is 0.439. The molecule has 6 heavy (non-hydrogen) atoms. The van der Waals surface area contributed by atoms with E-state index in [1.807, 2.05) is 0 Å². The molecule has 1 aliphatic rings. The van der Waals surface area contributed by atoms with Crippen LogP contribution in [0.25, 0.3) is 0 Å². The van der Waals surface area contributed by atoms with Crippen LogP contribution < -0.4 is 11.1 Å². The maximum absolute atomic E-state index is 3.35. The van der Waals surface area contributed by atoms with Crippen molar-refractivity contribution in [3.63, 3.8) is 0 Å². The minimum atomic E-state index is 1.53. The van der Waals surface area contributed by atoms with E-state index in [2.05, 4.69) is 21.5 Å². The lowest BCUT2D eigenvalue weighted by Gasteiger charge is -2.00. The molecule has 1 heterocycles. The highest BCUT2D eigenvalue weighted by molar-refractivity contribution is 4.24. The van der Waals surface area contributed by atoms with Gasteiger partial charge in [-0.05, 0) is 10.4 Å². The van der Waals surface area contributed by atoms with Gasteiger partial charge < -0.3 is 0 Å². The molecule has 2 N–H and O–H groups in total. The summed E-state index contributed by atoms with van der Waals surface area (Å²) in [5.74, 6) is 0. The Balaban J connectivity index is 2.32. The van der Waals surface area contributed by atoms with Gasteiger partial charge in [-0.2, -0.15) is 0 Å². The van der Waals surface area contributed by atoms with Crippen LogP contribution >= 0.6 is 0 Å². The van der Waals surface area contributed by atoms with E-state index in [-0.39, 0.29) is 0 Å². The van der Waals surface area contributed by atoms with E-state index in [4.69, 9.17) is 0 Å². The monoisotopic (exact) mass is 87.1 g/mol. The normalized spacial score (nSPS) is 20.2. The van der Waals surface area contributed by atoms with Gasteiger partial charge in [0.2, 0.25) is 0 Å². The van der Waals surface area contributed by atoms with Gasteiger partial charge in [0.05, 0.1) is 0 Å². The third-order valence-corrected chi connectivity index (χ3v) is 0.439. The van der Waals surface area contributed by atoms with E-state index in [0.717, 1.165) is 0 Å². The molecule has 0 bridgehead atoms. The topological polar surface area (TPSA) is 52.0 Å². The first-order chi connectivity index (χ1) is 2.89. The first-order valence-corrected chi connectivity index (χ1v) is 1.54. The Hall–Kier alpha value is -0.840. The van der Waals surface area contributed by atoms with Gasteiger partial charge in [0.25, 0.3) is 0 Å². The predicted molar refractivity (Wildman–Crippen MR) is 18.9 cm³/mol. The molecule has 0 aromatic carbocycles. The van der Waals surface area contributed by atoms with Crippen LogP contribution in [-0.2, 0) is 0 Å². The van der Waals surface area contributed by atoms with Gasteiger partial charge in [0.1, 0.15) is 0 Å². The Morgan fingerprint density at radius 2 is 1.83 bits per heavy atom. The summed E-state index contributed by atoms with van der Waals surface area (Å²) in [6.45, 7) is 0. The molecule has 34 valence electrons. The molecule has 0 unspecified atom stereocenters. The summed E-state index contributed by atoms with van der Waals surface area (Å²) in [5, 5.41) is 8.24. The van der Waals surface area contributed by atoms with E-state index in [0.29, 0.717) is 0 Å². The summed E-state index contributed by atoms with van der Waals surface area (Å²) >= 11 is 0. The molecular formula is CH5N5. The van der Waals surface area contributed by atoms with E-state index >= 15 is 0 Å². The van der Waals surface area contributed by atoms with Crippen LogP contribution in [0.2, 0.25) is 0 Å². The highest BCUT2D eigenvalue weighted by Crippen LogP contribution is 1.75.